The first-order valence-corrected chi connectivity index (χ1v) is 7.65. The fraction of sp³-hybridized carbons (Fsp3) is 0.375. The summed E-state index contributed by atoms with van der Waals surface area (Å²) in [7, 11) is 0. The highest BCUT2D eigenvalue weighted by molar-refractivity contribution is 9.10. The van der Waals surface area contributed by atoms with Crippen LogP contribution in [0, 0.1) is 0 Å². The van der Waals surface area contributed by atoms with Gasteiger partial charge in [-0.05, 0) is 53.0 Å². The summed E-state index contributed by atoms with van der Waals surface area (Å²) in [5.41, 5.74) is 3.22. The molecule has 2 heterocycles. The number of halogens is 1. The lowest BCUT2D eigenvalue weighted by Crippen LogP contribution is -1.91. The van der Waals surface area contributed by atoms with E-state index in [-0.39, 0.29) is 0 Å². The van der Waals surface area contributed by atoms with Gasteiger partial charge in [-0.3, -0.25) is 9.97 Å². The first-order valence-electron chi connectivity index (χ1n) is 6.86. The number of hydrogen-bond donors (Lipinski definition) is 0. The van der Waals surface area contributed by atoms with Crippen molar-refractivity contribution in [2.75, 3.05) is 0 Å². The highest BCUT2D eigenvalue weighted by Gasteiger charge is 2.01. The van der Waals surface area contributed by atoms with Gasteiger partial charge in [0.25, 0.3) is 0 Å². The van der Waals surface area contributed by atoms with Crippen molar-refractivity contribution in [3.63, 3.8) is 0 Å². The van der Waals surface area contributed by atoms with E-state index in [1.807, 2.05) is 24.5 Å². The number of aryl methyl sites for hydroxylation is 1. The van der Waals surface area contributed by atoms with Crippen LogP contribution in [0.15, 0.2) is 41.1 Å². The Labute approximate surface area is 123 Å². The van der Waals surface area contributed by atoms with Crippen LogP contribution in [0.2, 0.25) is 0 Å². The zero-order valence-corrected chi connectivity index (χ0v) is 12.9. The second-order valence-electron chi connectivity index (χ2n) is 4.71. The van der Waals surface area contributed by atoms with Crippen LogP contribution in [0.3, 0.4) is 0 Å². The number of unbranched alkanes of at least 4 members (excludes halogenated alkanes) is 3. The predicted molar refractivity (Wildman–Crippen MR) is 83.0 cm³/mol. The summed E-state index contributed by atoms with van der Waals surface area (Å²) in [6, 6.07) is 8.23. The van der Waals surface area contributed by atoms with E-state index in [2.05, 4.69) is 45.0 Å². The third kappa shape index (κ3) is 4.43. The van der Waals surface area contributed by atoms with Gasteiger partial charge in [-0.2, -0.15) is 0 Å². The molecule has 0 saturated carbocycles. The Balaban J connectivity index is 1.96. The van der Waals surface area contributed by atoms with Crippen molar-refractivity contribution >= 4 is 15.9 Å². The molecule has 0 radical (unpaired) electrons. The maximum Gasteiger partial charge on any atom is 0.0718 e. The maximum atomic E-state index is 4.52. The average Bonchev–Trinajstić information content (AvgIpc) is 2.45. The van der Waals surface area contributed by atoms with Crippen molar-refractivity contribution in [3.05, 3.63) is 46.8 Å². The zero-order valence-electron chi connectivity index (χ0n) is 11.3. The summed E-state index contributed by atoms with van der Waals surface area (Å²) in [6.45, 7) is 2.23. The molecule has 100 valence electrons. The maximum absolute atomic E-state index is 4.52. The van der Waals surface area contributed by atoms with Crippen LogP contribution in [0.1, 0.15) is 38.3 Å². The molecule has 0 aromatic carbocycles. The van der Waals surface area contributed by atoms with Crippen molar-refractivity contribution < 1.29 is 0 Å². The van der Waals surface area contributed by atoms with E-state index in [0.717, 1.165) is 22.2 Å². The van der Waals surface area contributed by atoms with Gasteiger partial charge in [0.1, 0.15) is 0 Å². The number of aromatic nitrogens is 2. The Morgan fingerprint density at radius 3 is 2.47 bits per heavy atom. The SMILES string of the molecule is CCCCCCc1ccc(-c2ccc(Br)cn2)cn1. The largest absolute Gasteiger partial charge is 0.261 e. The third-order valence-corrected chi connectivity index (χ3v) is 3.60. The minimum absolute atomic E-state index is 0.966. The van der Waals surface area contributed by atoms with Crippen LogP contribution >= 0.6 is 15.9 Å². The van der Waals surface area contributed by atoms with Crippen molar-refractivity contribution in [3.8, 4) is 11.3 Å². The molecule has 0 spiro atoms. The van der Waals surface area contributed by atoms with Gasteiger partial charge < -0.3 is 0 Å². The Morgan fingerprint density at radius 1 is 0.947 bits per heavy atom. The average molecular weight is 319 g/mol. The van der Waals surface area contributed by atoms with Crippen LogP contribution in [-0.2, 0) is 6.42 Å². The summed E-state index contributed by atoms with van der Waals surface area (Å²) in [5.74, 6) is 0. The normalized spacial score (nSPS) is 10.6. The standard InChI is InChI=1S/C16H19BrN2/c1-2-3-4-5-6-15-9-7-13(11-18-15)16-10-8-14(17)12-19-16/h7-12H,2-6H2,1H3. The van der Waals surface area contributed by atoms with E-state index in [1.165, 1.54) is 31.4 Å². The smallest absolute Gasteiger partial charge is 0.0718 e. The molecule has 2 rings (SSSR count). The molecule has 0 fully saturated rings. The second-order valence-corrected chi connectivity index (χ2v) is 5.63. The van der Waals surface area contributed by atoms with Crippen LogP contribution in [0.5, 0.6) is 0 Å². The lowest BCUT2D eigenvalue weighted by atomic mass is 10.1. The van der Waals surface area contributed by atoms with Gasteiger partial charge in [0, 0.05) is 28.1 Å². The molecule has 0 unspecified atom stereocenters. The number of pyridine rings is 2. The molecule has 19 heavy (non-hydrogen) atoms. The molecule has 0 amide bonds. The zero-order chi connectivity index (χ0) is 13.5. The molecule has 2 aromatic heterocycles. The summed E-state index contributed by atoms with van der Waals surface area (Å²) >= 11 is 3.39. The lowest BCUT2D eigenvalue weighted by Gasteiger charge is -2.03. The minimum Gasteiger partial charge on any atom is -0.261 e. The van der Waals surface area contributed by atoms with Gasteiger partial charge >= 0.3 is 0 Å². The fourth-order valence-corrected chi connectivity index (χ4v) is 2.24. The van der Waals surface area contributed by atoms with Gasteiger partial charge in [-0.15, -0.1) is 0 Å². The molecule has 0 saturated heterocycles. The topological polar surface area (TPSA) is 25.8 Å². The van der Waals surface area contributed by atoms with Crippen LogP contribution in [0.25, 0.3) is 11.3 Å². The molecule has 0 aliphatic rings. The molecule has 0 aliphatic carbocycles. The first kappa shape index (κ1) is 14.2. The molecule has 0 bridgehead atoms. The predicted octanol–water partition coefficient (Wildman–Crippen LogP) is 5.03. The van der Waals surface area contributed by atoms with E-state index in [9.17, 15) is 0 Å². The van der Waals surface area contributed by atoms with Crippen LogP contribution in [-0.4, -0.2) is 9.97 Å². The summed E-state index contributed by atoms with van der Waals surface area (Å²) < 4.78 is 0.997. The lowest BCUT2D eigenvalue weighted by molar-refractivity contribution is 0.661. The molecule has 2 aromatic rings. The quantitative estimate of drug-likeness (QED) is 0.698. The summed E-state index contributed by atoms with van der Waals surface area (Å²) in [5, 5.41) is 0. The van der Waals surface area contributed by atoms with Crippen LogP contribution < -0.4 is 0 Å². The van der Waals surface area contributed by atoms with Gasteiger partial charge in [0.05, 0.1) is 5.69 Å². The van der Waals surface area contributed by atoms with Gasteiger partial charge in [-0.25, -0.2) is 0 Å². The summed E-state index contributed by atoms with van der Waals surface area (Å²) in [4.78, 5) is 8.90. The monoisotopic (exact) mass is 318 g/mol. The minimum atomic E-state index is 0.966. The molecule has 0 aliphatic heterocycles. The van der Waals surface area contributed by atoms with E-state index in [1.54, 1.807) is 0 Å². The van der Waals surface area contributed by atoms with Crippen molar-refractivity contribution in [2.45, 2.75) is 39.0 Å². The molecule has 2 nitrogen and oxygen atoms in total. The molecule has 0 atom stereocenters. The van der Waals surface area contributed by atoms with E-state index in [0.29, 0.717) is 0 Å². The van der Waals surface area contributed by atoms with Crippen molar-refractivity contribution in [2.24, 2.45) is 0 Å². The highest BCUT2D eigenvalue weighted by Crippen LogP contribution is 2.18. The number of rotatable bonds is 6. The van der Waals surface area contributed by atoms with E-state index < -0.39 is 0 Å². The summed E-state index contributed by atoms with van der Waals surface area (Å²) in [6.07, 6.45) is 9.95. The molecule has 3 heteroatoms. The number of nitrogens with zero attached hydrogens (tertiary/aromatic N) is 2. The van der Waals surface area contributed by atoms with Crippen LogP contribution in [0.4, 0.5) is 0 Å². The van der Waals surface area contributed by atoms with Gasteiger partial charge in [-0.1, -0.05) is 26.2 Å². The number of hydrogen-bond acceptors (Lipinski definition) is 2. The van der Waals surface area contributed by atoms with E-state index in [4.69, 9.17) is 0 Å². The van der Waals surface area contributed by atoms with E-state index >= 15 is 0 Å². The Hall–Kier alpha value is -1.22. The third-order valence-electron chi connectivity index (χ3n) is 3.13. The Morgan fingerprint density at radius 2 is 1.84 bits per heavy atom. The molecular formula is C16H19BrN2. The second kappa shape index (κ2) is 7.39. The van der Waals surface area contributed by atoms with Gasteiger partial charge in [0.15, 0.2) is 0 Å². The molecule has 0 N–H and O–H groups in total. The van der Waals surface area contributed by atoms with Crippen molar-refractivity contribution in [1.29, 1.82) is 0 Å². The molecular weight excluding hydrogens is 300 g/mol. The highest BCUT2D eigenvalue weighted by atomic mass is 79.9. The van der Waals surface area contributed by atoms with Crippen molar-refractivity contribution in [1.82, 2.24) is 9.97 Å². The fourth-order valence-electron chi connectivity index (χ4n) is 2.00. The first-order chi connectivity index (χ1) is 9.29. The Bertz CT molecular complexity index is 491. The Kier molecular flexibility index (Phi) is 5.52. The van der Waals surface area contributed by atoms with Gasteiger partial charge in [0.2, 0.25) is 0 Å².